The lowest BCUT2D eigenvalue weighted by atomic mass is 10.00. The van der Waals surface area contributed by atoms with E-state index in [2.05, 4.69) is 5.32 Å². The van der Waals surface area contributed by atoms with Crippen molar-refractivity contribution in [1.29, 1.82) is 0 Å². The summed E-state index contributed by atoms with van der Waals surface area (Å²) in [5, 5.41) is 4.88. The molecule has 2 aromatic heterocycles. The number of fused-ring (bicyclic) bond motifs is 2. The minimum absolute atomic E-state index is 0.0894. The number of rotatable bonds is 5. The van der Waals surface area contributed by atoms with Crippen molar-refractivity contribution in [3.05, 3.63) is 80.9 Å². The molecule has 1 atom stereocenters. The van der Waals surface area contributed by atoms with E-state index in [1.165, 1.54) is 0 Å². The SMILES string of the molecule is Cc1oc2cc3oc(=O)c(CCC(=O)N[C@@H](C)c4ccccc4)c(C)c3cc2c1C. The maximum absolute atomic E-state index is 12.6. The van der Waals surface area contributed by atoms with Crippen molar-refractivity contribution in [3.8, 4) is 0 Å². The van der Waals surface area contributed by atoms with E-state index in [0.717, 1.165) is 33.2 Å². The first-order valence-electron chi connectivity index (χ1n) is 10.2. The van der Waals surface area contributed by atoms with Crippen LogP contribution in [0.2, 0.25) is 0 Å². The van der Waals surface area contributed by atoms with Crippen LogP contribution >= 0.6 is 0 Å². The molecular weight excluding hydrogens is 378 g/mol. The molecule has 0 aliphatic carbocycles. The standard InChI is InChI=1S/C25H25NO4/c1-14-17(4)29-22-13-23-21(12-20(14)22)15(2)19(25(28)30-23)10-11-24(27)26-16(3)18-8-6-5-7-9-18/h5-9,12-13,16H,10-11H2,1-4H3,(H,26,27)/t16-/m0/s1. The summed E-state index contributed by atoms with van der Waals surface area (Å²) >= 11 is 0. The highest BCUT2D eigenvalue weighted by Crippen LogP contribution is 2.31. The maximum Gasteiger partial charge on any atom is 0.339 e. The van der Waals surface area contributed by atoms with Gasteiger partial charge in [0.25, 0.3) is 0 Å². The van der Waals surface area contributed by atoms with E-state index >= 15 is 0 Å². The van der Waals surface area contributed by atoms with Gasteiger partial charge in [-0.2, -0.15) is 0 Å². The van der Waals surface area contributed by atoms with E-state index in [1.807, 2.05) is 64.1 Å². The second-order valence-corrected chi connectivity index (χ2v) is 7.82. The molecule has 0 saturated heterocycles. The van der Waals surface area contributed by atoms with Crippen molar-refractivity contribution in [2.45, 2.75) is 46.6 Å². The van der Waals surface area contributed by atoms with Gasteiger partial charge < -0.3 is 14.2 Å². The fraction of sp³-hybridized carbons (Fsp3) is 0.280. The largest absolute Gasteiger partial charge is 0.461 e. The Hall–Kier alpha value is -3.34. The number of hydrogen-bond donors (Lipinski definition) is 1. The molecule has 0 bridgehead atoms. The van der Waals surface area contributed by atoms with Crippen LogP contribution in [0.4, 0.5) is 0 Å². The molecule has 4 rings (SSSR count). The van der Waals surface area contributed by atoms with Gasteiger partial charge in [-0.15, -0.1) is 0 Å². The third-order valence-electron chi connectivity index (χ3n) is 5.86. The van der Waals surface area contributed by atoms with Crippen LogP contribution in [-0.4, -0.2) is 5.91 Å². The average Bonchev–Trinajstić information content (AvgIpc) is 3.00. The summed E-state index contributed by atoms with van der Waals surface area (Å²) in [5.74, 6) is 0.756. The molecule has 1 amide bonds. The van der Waals surface area contributed by atoms with Crippen LogP contribution in [0.5, 0.6) is 0 Å². The summed E-state index contributed by atoms with van der Waals surface area (Å²) in [7, 11) is 0. The molecule has 30 heavy (non-hydrogen) atoms. The Morgan fingerprint density at radius 3 is 2.37 bits per heavy atom. The Labute approximate surface area is 174 Å². The zero-order valence-electron chi connectivity index (χ0n) is 17.7. The molecule has 1 N–H and O–H groups in total. The molecule has 0 aliphatic heterocycles. The van der Waals surface area contributed by atoms with Gasteiger partial charge in [-0.1, -0.05) is 30.3 Å². The van der Waals surface area contributed by atoms with Gasteiger partial charge in [-0.05, 0) is 56.9 Å². The zero-order chi connectivity index (χ0) is 21.4. The van der Waals surface area contributed by atoms with Crippen LogP contribution < -0.4 is 10.9 Å². The second kappa shape index (κ2) is 7.82. The first kappa shape index (κ1) is 20.0. The number of nitrogens with one attached hydrogen (secondary N) is 1. The molecule has 4 aromatic rings. The smallest absolute Gasteiger partial charge is 0.339 e. The third kappa shape index (κ3) is 3.63. The van der Waals surface area contributed by atoms with E-state index in [4.69, 9.17) is 8.83 Å². The molecule has 0 radical (unpaired) electrons. The van der Waals surface area contributed by atoms with E-state index in [1.54, 1.807) is 6.07 Å². The lowest BCUT2D eigenvalue weighted by molar-refractivity contribution is -0.121. The minimum atomic E-state index is -0.400. The molecule has 0 unspecified atom stereocenters. The fourth-order valence-corrected chi connectivity index (χ4v) is 3.89. The van der Waals surface area contributed by atoms with Gasteiger partial charge >= 0.3 is 5.63 Å². The lowest BCUT2D eigenvalue weighted by Crippen LogP contribution is -2.27. The fourth-order valence-electron chi connectivity index (χ4n) is 3.89. The van der Waals surface area contributed by atoms with Crippen molar-refractivity contribution in [2.24, 2.45) is 0 Å². The monoisotopic (exact) mass is 403 g/mol. The maximum atomic E-state index is 12.6. The molecule has 0 fully saturated rings. The van der Waals surface area contributed by atoms with Crippen molar-refractivity contribution in [1.82, 2.24) is 5.32 Å². The molecule has 0 saturated carbocycles. The summed E-state index contributed by atoms with van der Waals surface area (Å²) in [6.07, 6.45) is 0.555. The van der Waals surface area contributed by atoms with E-state index in [-0.39, 0.29) is 18.4 Å². The van der Waals surface area contributed by atoms with Crippen LogP contribution in [0.3, 0.4) is 0 Å². The van der Waals surface area contributed by atoms with E-state index < -0.39 is 5.63 Å². The molecule has 5 heteroatoms. The summed E-state index contributed by atoms with van der Waals surface area (Å²) < 4.78 is 11.3. The highest BCUT2D eigenvalue weighted by molar-refractivity contribution is 5.96. The van der Waals surface area contributed by atoms with Gasteiger partial charge in [0.1, 0.15) is 16.9 Å². The van der Waals surface area contributed by atoms with Gasteiger partial charge in [0, 0.05) is 28.8 Å². The molecule has 2 heterocycles. The van der Waals surface area contributed by atoms with Crippen molar-refractivity contribution < 1.29 is 13.6 Å². The number of carbonyl (C=O) groups excluding carboxylic acids is 1. The van der Waals surface area contributed by atoms with Crippen molar-refractivity contribution >= 4 is 27.8 Å². The van der Waals surface area contributed by atoms with Crippen molar-refractivity contribution in [3.63, 3.8) is 0 Å². The Bertz CT molecular complexity index is 1300. The van der Waals surface area contributed by atoms with E-state index in [9.17, 15) is 9.59 Å². The van der Waals surface area contributed by atoms with Gasteiger partial charge in [-0.3, -0.25) is 4.79 Å². The molecule has 0 aliphatic rings. The van der Waals surface area contributed by atoms with Crippen LogP contribution in [0, 0.1) is 20.8 Å². The van der Waals surface area contributed by atoms with E-state index in [0.29, 0.717) is 23.2 Å². The number of amides is 1. The topological polar surface area (TPSA) is 72.5 Å². The first-order valence-corrected chi connectivity index (χ1v) is 10.2. The Morgan fingerprint density at radius 1 is 0.967 bits per heavy atom. The predicted octanol–water partition coefficient (Wildman–Crippen LogP) is 5.27. The summed E-state index contributed by atoms with van der Waals surface area (Å²) in [5.41, 5.74) is 4.33. The van der Waals surface area contributed by atoms with Crippen LogP contribution in [0.15, 0.2) is 56.1 Å². The number of aryl methyl sites for hydroxylation is 3. The third-order valence-corrected chi connectivity index (χ3v) is 5.86. The first-order chi connectivity index (χ1) is 14.3. The Balaban J connectivity index is 1.58. The minimum Gasteiger partial charge on any atom is -0.461 e. The van der Waals surface area contributed by atoms with Crippen LogP contribution in [0.25, 0.3) is 21.9 Å². The van der Waals surface area contributed by atoms with Crippen LogP contribution in [0.1, 0.15) is 47.4 Å². The average molecular weight is 403 g/mol. The molecule has 154 valence electrons. The highest BCUT2D eigenvalue weighted by atomic mass is 16.4. The van der Waals surface area contributed by atoms with Gasteiger partial charge in [0.15, 0.2) is 0 Å². The lowest BCUT2D eigenvalue weighted by Gasteiger charge is -2.14. The number of hydrogen-bond acceptors (Lipinski definition) is 4. The quantitative estimate of drug-likeness (QED) is 0.461. The summed E-state index contributed by atoms with van der Waals surface area (Å²) in [6.45, 7) is 7.79. The van der Waals surface area contributed by atoms with Gasteiger partial charge in [0.05, 0.1) is 6.04 Å². The van der Waals surface area contributed by atoms with Gasteiger partial charge in [-0.25, -0.2) is 4.79 Å². The van der Waals surface area contributed by atoms with Crippen LogP contribution in [-0.2, 0) is 11.2 Å². The Morgan fingerprint density at radius 2 is 1.63 bits per heavy atom. The van der Waals surface area contributed by atoms with Crippen molar-refractivity contribution in [2.75, 3.05) is 0 Å². The highest BCUT2D eigenvalue weighted by Gasteiger charge is 2.17. The molecule has 5 nitrogen and oxygen atoms in total. The number of furan rings is 1. The summed E-state index contributed by atoms with van der Waals surface area (Å²) in [4.78, 5) is 25.0. The second-order valence-electron chi connectivity index (χ2n) is 7.82. The normalized spacial score (nSPS) is 12.4. The number of carbonyl (C=O) groups is 1. The van der Waals surface area contributed by atoms with Gasteiger partial charge in [0.2, 0.25) is 5.91 Å². The molecule has 0 spiro atoms. The number of benzene rings is 2. The Kier molecular flexibility index (Phi) is 5.20. The zero-order valence-corrected chi connectivity index (χ0v) is 17.7. The molecule has 2 aromatic carbocycles. The molecular formula is C25H25NO4. The predicted molar refractivity (Wildman–Crippen MR) is 118 cm³/mol. The summed E-state index contributed by atoms with van der Waals surface area (Å²) in [6, 6.07) is 13.5.